The largest absolute Gasteiger partial charge is 0.325 e. The van der Waals surface area contributed by atoms with Crippen LogP contribution in [0.25, 0.3) is 21.0 Å². The first kappa shape index (κ1) is 11.5. The number of hydrogen-bond donors (Lipinski definition) is 1. The molecule has 0 amide bonds. The summed E-state index contributed by atoms with van der Waals surface area (Å²) in [5.41, 5.74) is 7.72. The van der Waals surface area contributed by atoms with Crippen molar-refractivity contribution >= 4 is 22.7 Å². The van der Waals surface area contributed by atoms with E-state index in [0.29, 0.717) is 6.54 Å². The van der Waals surface area contributed by atoms with Crippen molar-refractivity contribution in [2.45, 2.75) is 6.54 Å². The van der Waals surface area contributed by atoms with Crippen LogP contribution in [0.3, 0.4) is 0 Å². The molecule has 0 saturated heterocycles. The highest BCUT2D eigenvalue weighted by molar-refractivity contribution is 7.21. The Hall–Kier alpha value is -1.56. The number of nitrogens with two attached hydrogens (primary N) is 1. The molecule has 0 unspecified atom stereocenters. The Labute approximate surface area is 113 Å². The maximum absolute atomic E-state index is 5.70. The summed E-state index contributed by atoms with van der Waals surface area (Å²) in [5.74, 6) is 0. The first-order chi connectivity index (χ1) is 8.88. The van der Waals surface area contributed by atoms with Gasteiger partial charge in [-0.2, -0.15) is 0 Å². The Balaban J connectivity index is 2.17. The van der Waals surface area contributed by atoms with E-state index in [2.05, 4.69) is 27.5 Å². The molecule has 3 nitrogen and oxygen atoms in total. The lowest BCUT2D eigenvalue weighted by atomic mass is 10.2. The fourth-order valence-corrected chi connectivity index (χ4v) is 3.54. The van der Waals surface area contributed by atoms with Gasteiger partial charge in [0, 0.05) is 29.4 Å². The van der Waals surface area contributed by atoms with Gasteiger partial charge in [-0.1, -0.05) is 6.07 Å². The molecule has 2 N–H and O–H groups in total. The summed E-state index contributed by atoms with van der Waals surface area (Å²) >= 11 is 3.38. The fourth-order valence-electron chi connectivity index (χ4n) is 1.72. The van der Waals surface area contributed by atoms with Crippen LogP contribution >= 0.6 is 22.7 Å². The zero-order valence-electron chi connectivity index (χ0n) is 9.54. The molecule has 0 bridgehead atoms. The van der Waals surface area contributed by atoms with Gasteiger partial charge in [0.2, 0.25) is 0 Å². The minimum Gasteiger partial charge on any atom is -0.325 e. The van der Waals surface area contributed by atoms with Crippen molar-refractivity contribution in [2.75, 3.05) is 0 Å². The first-order valence-electron chi connectivity index (χ1n) is 5.52. The minimum atomic E-state index is 0.476. The minimum absolute atomic E-state index is 0.476. The zero-order valence-corrected chi connectivity index (χ0v) is 11.2. The van der Waals surface area contributed by atoms with E-state index in [1.54, 1.807) is 28.9 Å². The summed E-state index contributed by atoms with van der Waals surface area (Å²) in [6.07, 6.45) is 3.61. The molecule has 0 aliphatic carbocycles. The van der Waals surface area contributed by atoms with Crippen molar-refractivity contribution in [1.82, 2.24) is 9.97 Å². The van der Waals surface area contributed by atoms with Gasteiger partial charge in [0.1, 0.15) is 5.01 Å². The van der Waals surface area contributed by atoms with Crippen LogP contribution in [0.2, 0.25) is 0 Å². The van der Waals surface area contributed by atoms with Crippen molar-refractivity contribution in [2.24, 2.45) is 5.73 Å². The van der Waals surface area contributed by atoms with E-state index < -0.39 is 0 Å². The Morgan fingerprint density at radius 1 is 1.22 bits per heavy atom. The van der Waals surface area contributed by atoms with Crippen LogP contribution in [-0.2, 0) is 6.54 Å². The van der Waals surface area contributed by atoms with Gasteiger partial charge in [0.25, 0.3) is 0 Å². The van der Waals surface area contributed by atoms with Crippen molar-refractivity contribution in [1.29, 1.82) is 0 Å². The molecular weight excluding hydrogens is 262 g/mol. The van der Waals surface area contributed by atoms with Gasteiger partial charge in [-0.15, -0.1) is 22.7 Å². The molecule has 0 fully saturated rings. The number of thiazole rings is 1. The predicted octanol–water partition coefficient (Wildman–Crippen LogP) is 3.39. The highest BCUT2D eigenvalue weighted by Gasteiger charge is 2.14. The number of hydrogen-bond acceptors (Lipinski definition) is 5. The van der Waals surface area contributed by atoms with E-state index in [-0.39, 0.29) is 0 Å². The van der Waals surface area contributed by atoms with Crippen LogP contribution in [0.5, 0.6) is 0 Å². The summed E-state index contributed by atoms with van der Waals surface area (Å²) in [4.78, 5) is 11.2. The second-order valence-corrected chi connectivity index (χ2v) is 5.74. The van der Waals surface area contributed by atoms with Gasteiger partial charge in [-0.3, -0.25) is 4.98 Å². The van der Waals surface area contributed by atoms with Gasteiger partial charge in [-0.25, -0.2) is 4.98 Å². The number of nitrogens with zero attached hydrogens (tertiary/aromatic N) is 2. The molecule has 90 valence electrons. The third-order valence-electron chi connectivity index (χ3n) is 2.53. The Kier molecular flexibility index (Phi) is 3.19. The first-order valence-corrected chi connectivity index (χ1v) is 7.22. The highest BCUT2D eigenvalue weighted by Crippen LogP contribution is 2.38. The Morgan fingerprint density at radius 2 is 2.17 bits per heavy atom. The van der Waals surface area contributed by atoms with Crippen LogP contribution in [0.4, 0.5) is 0 Å². The molecule has 0 saturated carbocycles. The van der Waals surface area contributed by atoms with Gasteiger partial charge in [0.15, 0.2) is 0 Å². The van der Waals surface area contributed by atoms with E-state index in [9.17, 15) is 0 Å². The number of thiophene rings is 1. The molecule has 0 aromatic carbocycles. The zero-order chi connectivity index (χ0) is 12.4. The molecule has 3 heterocycles. The maximum atomic E-state index is 5.70. The lowest BCUT2D eigenvalue weighted by molar-refractivity contribution is 1.04. The summed E-state index contributed by atoms with van der Waals surface area (Å²) in [7, 11) is 0. The highest BCUT2D eigenvalue weighted by atomic mass is 32.1. The average molecular weight is 273 g/mol. The smallest absolute Gasteiger partial charge is 0.108 e. The van der Waals surface area contributed by atoms with Crippen molar-refractivity contribution in [3.05, 3.63) is 47.0 Å². The molecule has 3 aromatic heterocycles. The van der Waals surface area contributed by atoms with E-state index in [1.165, 1.54) is 9.75 Å². The summed E-state index contributed by atoms with van der Waals surface area (Å²) in [5, 5.41) is 3.03. The molecule has 3 rings (SSSR count). The monoisotopic (exact) mass is 273 g/mol. The predicted molar refractivity (Wildman–Crippen MR) is 76.5 cm³/mol. The second-order valence-electron chi connectivity index (χ2n) is 3.71. The Bertz CT molecular complexity index is 630. The van der Waals surface area contributed by atoms with Gasteiger partial charge in [0.05, 0.1) is 10.6 Å². The molecule has 3 aromatic rings. The Morgan fingerprint density at radius 3 is 2.83 bits per heavy atom. The van der Waals surface area contributed by atoms with Crippen molar-refractivity contribution < 1.29 is 0 Å². The van der Waals surface area contributed by atoms with Crippen LogP contribution in [0.1, 0.15) is 5.01 Å². The van der Waals surface area contributed by atoms with Crippen molar-refractivity contribution in [3.8, 4) is 21.0 Å². The molecule has 0 spiro atoms. The van der Waals surface area contributed by atoms with E-state index in [1.807, 2.05) is 18.3 Å². The lowest BCUT2D eigenvalue weighted by Crippen LogP contribution is -1.94. The number of rotatable bonds is 3. The molecular formula is C13H11N3S2. The van der Waals surface area contributed by atoms with Crippen LogP contribution in [-0.4, -0.2) is 9.97 Å². The maximum Gasteiger partial charge on any atom is 0.108 e. The lowest BCUT2D eigenvalue weighted by Gasteiger charge is -1.99. The van der Waals surface area contributed by atoms with Gasteiger partial charge in [-0.05, 0) is 23.6 Å². The van der Waals surface area contributed by atoms with E-state index in [0.717, 1.165) is 16.3 Å². The topological polar surface area (TPSA) is 51.8 Å². The number of pyridine rings is 1. The molecule has 5 heteroatoms. The molecule has 0 aliphatic rings. The quantitative estimate of drug-likeness (QED) is 0.795. The third-order valence-corrected chi connectivity index (χ3v) is 4.65. The SMILES string of the molecule is NCc1nc(-c2cccnc2)c(-c2cccs2)s1. The normalized spacial score (nSPS) is 10.7. The summed E-state index contributed by atoms with van der Waals surface area (Å²) in [6, 6.07) is 8.11. The van der Waals surface area contributed by atoms with Gasteiger partial charge < -0.3 is 5.73 Å². The van der Waals surface area contributed by atoms with Crippen LogP contribution < -0.4 is 5.73 Å². The fraction of sp³-hybridized carbons (Fsp3) is 0.0769. The van der Waals surface area contributed by atoms with Crippen LogP contribution in [0.15, 0.2) is 42.0 Å². The molecule has 0 atom stereocenters. The standard InChI is InChI=1S/C13H11N3S2/c14-7-11-16-12(9-3-1-5-15-8-9)13(18-11)10-4-2-6-17-10/h1-6,8H,7,14H2. The second kappa shape index (κ2) is 4.97. The van der Waals surface area contributed by atoms with Crippen molar-refractivity contribution in [3.63, 3.8) is 0 Å². The number of aromatic nitrogens is 2. The molecule has 18 heavy (non-hydrogen) atoms. The molecule has 0 aliphatic heterocycles. The van der Waals surface area contributed by atoms with E-state index in [4.69, 9.17) is 5.73 Å². The summed E-state index contributed by atoms with van der Waals surface area (Å²) < 4.78 is 0. The third kappa shape index (κ3) is 2.08. The van der Waals surface area contributed by atoms with Gasteiger partial charge >= 0.3 is 0 Å². The molecule has 0 radical (unpaired) electrons. The van der Waals surface area contributed by atoms with Crippen LogP contribution in [0, 0.1) is 0 Å². The van der Waals surface area contributed by atoms with E-state index >= 15 is 0 Å². The average Bonchev–Trinajstić information content (AvgIpc) is 3.08. The summed E-state index contributed by atoms with van der Waals surface area (Å²) in [6.45, 7) is 0.476.